The summed E-state index contributed by atoms with van der Waals surface area (Å²) in [4.78, 5) is 19.1. The van der Waals surface area contributed by atoms with Crippen molar-refractivity contribution in [1.82, 2.24) is 19.8 Å². The van der Waals surface area contributed by atoms with Gasteiger partial charge in [0.2, 0.25) is 5.88 Å². The summed E-state index contributed by atoms with van der Waals surface area (Å²) in [5.41, 5.74) is 4.46. The molecule has 30 heavy (non-hydrogen) atoms. The van der Waals surface area contributed by atoms with Gasteiger partial charge in [0.25, 0.3) is 0 Å². The zero-order valence-electron chi connectivity index (χ0n) is 17.3. The standard InChI is InChI=1S/C23H27N5O2/c1-17(11-18-5-3-2-4-6-18)13-27-7-9-28(10-8-27)14-21-20-15-29-23-19(12-24-16-25-23)22(20)26-30-21/h2-6,11-12,16,20-21H,7-10,13-15H2,1H3/b17-11+. The van der Waals surface area contributed by atoms with Crippen molar-refractivity contribution in [2.24, 2.45) is 11.1 Å². The lowest BCUT2D eigenvalue weighted by atomic mass is 9.92. The van der Waals surface area contributed by atoms with Crippen molar-refractivity contribution < 1.29 is 9.57 Å². The zero-order chi connectivity index (χ0) is 20.3. The number of hydrogen-bond acceptors (Lipinski definition) is 7. The molecule has 0 aliphatic carbocycles. The van der Waals surface area contributed by atoms with E-state index in [0.29, 0.717) is 12.5 Å². The Morgan fingerprint density at radius 1 is 1.13 bits per heavy atom. The lowest BCUT2D eigenvalue weighted by molar-refractivity contribution is 0.00975. The van der Waals surface area contributed by atoms with Gasteiger partial charge in [-0.3, -0.25) is 9.80 Å². The summed E-state index contributed by atoms with van der Waals surface area (Å²) >= 11 is 0. The van der Waals surface area contributed by atoms with Crippen molar-refractivity contribution in [1.29, 1.82) is 0 Å². The Balaban J connectivity index is 1.12. The topological polar surface area (TPSA) is 63.1 Å². The van der Waals surface area contributed by atoms with Crippen LogP contribution in [-0.4, -0.2) is 77.5 Å². The van der Waals surface area contributed by atoms with Gasteiger partial charge in [0, 0.05) is 45.5 Å². The summed E-state index contributed by atoms with van der Waals surface area (Å²) in [6, 6.07) is 10.5. The first kappa shape index (κ1) is 19.2. The van der Waals surface area contributed by atoms with Gasteiger partial charge in [-0.15, -0.1) is 0 Å². The largest absolute Gasteiger partial charge is 0.476 e. The van der Waals surface area contributed by atoms with Crippen molar-refractivity contribution in [3.05, 3.63) is 59.6 Å². The molecule has 2 unspecified atom stereocenters. The van der Waals surface area contributed by atoms with E-state index in [1.165, 1.54) is 17.5 Å². The average molecular weight is 406 g/mol. The summed E-state index contributed by atoms with van der Waals surface area (Å²) in [6.45, 7) is 8.89. The summed E-state index contributed by atoms with van der Waals surface area (Å²) in [5, 5.41) is 4.35. The maximum Gasteiger partial charge on any atom is 0.225 e. The Bertz CT molecular complexity index is 938. The highest BCUT2D eigenvalue weighted by atomic mass is 16.6. The Hall–Kier alpha value is -2.77. The van der Waals surface area contributed by atoms with Crippen LogP contribution in [0.3, 0.4) is 0 Å². The maximum absolute atomic E-state index is 5.82. The lowest BCUT2D eigenvalue weighted by Gasteiger charge is -2.36. The molecule has 0 spiro atoms. The van der Waals surface area contributed by atoms with E-state index in [4.69, 9.17) is 9.57 Å². The molecule has 0 N–H and O–H groups in total. The fraction of sp³-hybridized carbons (Fsp3) is 0.435. The van der Waals surface area contributed by atoms with Crippen LogP contribution in [0.2, 0.25) is 0 Å². The second-order valence-corrected chi connectivity index (χ2v) is 8.26. The second kappa shape index (κ2) is 8.53. The molecule has 0 radical (unpaired) electrons. The summed E-state index contributed by atoms with van der Waals surface area (Å²) < 4.78 is 5.82. The quantitative estimate of drug-likeness (QED) is 0.761. The van der Waals surface area contributed by atoms with Crippen molar-refractivity contribution in [2.45, 2.75) is 13.0 Å². The predicted octanol–water partition coefficient (Wildman–Crippen LogP) is 2.31. The van der Waals surface area contributed by atoms with E-state index >= 15 is 0 Å². The highest BCUT2D eigenvalue weighted by Gasteiger charge is 2.41. The molecule has 7 heteroatoms. The van der Waals surface area contributed by atoms with E-state index in [1.54, 1.807) is 6.20 Å². The molecule has 2 aromatic rings. The van der Waals surface area contributed by atoms with Crippen molar-refractivity contribution in [3.8, 4) is 5.88 Å². The first-order chi connectivity index (χ1) is 14.8. The third kappa shape index (κ3) is 4.08. The summed E-state index contributed by atoms with van der Waals surface area (Å²) in [6.07, 6.45) is 5.58. The third-order valence-corrected chi connectivity index (χ3v) is 6.03. The molecular formula is C23H27N5O2. The number of oxime groups is 1. The monoisotopic (exact) mass is 405 g/mol. The number of hydrogen-bond donors (Lipinski definition) is 0. The number of piperazine rings is 1. The van der Waals surface area contributed by atoms with E-state index in [0.717, 1.165) is 50.5 Å². The number of benzene rings is 1. The molecule has 0 bridgehead atoms. The third-order valence-electron chi connectivity index (χ3n) is 6.03. The molecular weight excluding hydrogens is 378 g/mol. The Labute approximate surface area is 177 Å². The molecule has 2 atom stereocenters. The summed E-state index contributed by atoms with van der Waals surface area (Å²) in [7, 11) is 0. The highest BCUT2D eigenvalue weighted by Crippen LogP contribution is 2.32. The Kier molecular flexibility index (Phi) is 5.46. The van der Waals surface area contributed by atoms with Gasteiger partial charge in [0.05, 0.1) is 11.5 Å². The number of ether oxygens (including phenoxy) is 1. The minimum atomic E-state index is 0.0274. The minimum absolute atomic E-state index is 0.0274. The molecule has 3 aliphatic rings. The van der Waals surface area contributed by atoms with Crippen LogP contribution in [0.4, 0.5) is 0 Å². The van der Waals surface area contributed by atoms with E-state index in [9.17, 15) is 0 Å². The van der Waals surface area contributed by atoms with Crippen LogP contribution in [0.1, 0.15) is 18.1 Å². The highest BCUT2D eigenvalue weighted by molar-refractivity contribution is 6.05. The van der Waals surface area contributed by atoms with E-state index in [-0.39, 0.29) is 12.0 Å². The van der Waals surface area contributed by atoms with Crippen LogP contribution in [0.25, 0.3) is 6.08 Å². The zero-order valence-corrected chi connectivity index (χ0v) is 17.3. The van der Waals surface area contributed by atoms with Gasteiger partial charge in [-0.2, -0.15) is 0 Å². The van der Waals surface area contributed by atoms with Gasteiger partial charge in [-0.05, 0) is 12.5 Å². The van der Waals surface area contributed by atoms with Gasteiger partial charge >= 0.3 is 0 Å². The van der Waals surface area contributed by atoms with Crippen LogP contribution in [-0.2, 0) is 4.84 Å². The fourth-order valence-electron chi connectivity index (χ4n) is 4.43. The van der Waals surface area contributed by atoms with E-state index in [1.807, 2.05) is 0 Å². The Morgan fingerprint density at radius 3 is 2.77 bits per heavy atom. The SMILES string of the molecule is C/C(=C\c1ccccc1)CN1CCN(CC2ON=C3c4cncnc4OCC32)CC1. The molecule has 0 saturated carbocycles. The van der Waals surface area contributed by atoms with Gasteiger partial charge in [-0.1, -0.05) is 47.1 Å². The van der Waals surface area contributed by atoms with Crippen LogP contribution in [0, 0.1) is 5.92 Å². The Morgan fingerprint density at radius 2 is 1.93 bits per heavy atom. The lowest BCUT2D eigenvalue weighted by Crippen LogP contribution is -2.50. The smallest absolute Gasteiger partial charge is 0.225 e. The average Bonchev–Trinajstić information content (AvgIpc) is 3.19. The van der Waals surface area contributed by atoms with Crippen LogP contribution < -0.4 is 4.74 Å². The molecule has 7 nitrogen and oxygen atoms in total. The first-order valence-corrected chi connectivity index (χ1v) is 10.6. The van der Waals surface area contributed by atoms with Gasteiger partial charge in [0.15, 0.2) is 6.10 Å². The molecule has 156 valence electrons. The fourth-order valence-corrected chi connectivity index (χ4v) is 4.43. The van der Waals surface area contributed by atoms with Crippen LogP contribution >= 0.6 is 0 Å². The number of aromatic nitrogens is 2. The van der Waals surface area contributed by atoms with Crippen LogP contribution in [0.5, 0.6) is 5.88 Å². The van der Waals surface area contributed by atoms with Gasteiger partial charge in [-0.25, -0.2) is 9.97 Å². The van der Waals surface area contributed by atoms with Crippen molar-refractivity contribution >= 4 is 11.8 Å². The van der Waals surface area contributed by atoms with E-state index in [2.05, 4.69) is 68.3 Å². The molecule has 1 fully saturated rings. The molecule has 1 saturated heterocycles. The number of fused-ring (bicyclic) bond motifs is 3. The maximum atomic E-state index is 5.82. The molecule has 4 heterocycles. The summed E-state index contributed by atoms with van der Waals surface area (Å²) in [5.74, 6) is 0.759. The number of rotatable bonds is 5. The predicted molar refractivity (Wildman–Crippen MR) is 115 cm³/mol. The number of nitrogens with zero attached hydrogens (tertiary/aromatic N) is 5. The molecule has 3 aliphatic heterocycles. The van der Waals surface area contributed by atoms with Crippen molar-refractivity contribution in [3.63, 3.8) is 0 Å². The van der Waals surface area contributed by atoms with Crippen molar-refractivity contribution in [2.75, 3.05) is 45.9 Å². The molecule has 1 aromatic heterocycles. The second-order valence-electron chi connectivity index (χ2n) is 8.26. The first-order valence-electron chi connectivity index (χ1n) is 10.6. The molecule has 0 amide bonds. The van der Waals surface area contributed by atoms with Crippen LogP contribution in [0.15, 0.2) is 53.6 Å². The molecule has 1 aromatic carbocycles. The van der Waals surface area contributed by atoms with E-state index < -0.39 is 0 Å². The normalized spacial score (nSPS) is 24.4. The minimum Gasteiger partial charge on any atom is -0.476 e. The van der Waals surface area contributed by atoms with Gasteiger partial charge < -0.3 is 9.57 Å². The molecule has 5 rings (SSSR count). The van der Waals surface area contributed by atoms with Gasteiger partial charge in [0.1, 0.15) is 18.6 Å².